The molecule has 1 N–H and O–H groups in total. The predicted molar refractivity (Wildman–Crippen MR) is 56.4 cm³/mol. The van der Waals surface area contributed by atoms with Crippen LogP contribution in [0.5, 0.6) is 0 Å². The van der Waals surface area contributed by atoms with Crippen LogP contribution in [0.4, 0.5) is 10.1 Å². The number of hydrogen-bond donors (Lipinski definition) is 1. The minimum atomic E-state index is -0.638. The molecule has 0 fully saturated rings. The van der Waals surface area contributed by atoms with Crippen LogP contribution in [0.1, 0.15) is 0 Å². The first-order chi connectivity index (χ1) is 6.65. The molecular formula is C10H13ClFNO. The van der Waals surface area contributed by atoms with Crippen LogP contribution < -0.4 is 4.90 Å². The minimum absolute atomic E-state index is 0.152. The Labute approximate surface area is 87.9 Å². The van der Waals surface area contributed by atoms with Gasteiger partial charge >= 0.3 is 0 Å². The molecule has 1 aromatic rings. The lowest BCUT2D eigenvalue weighted by Crippen LogP contribution is -2.30. The van der Waals surface area contributed by atoms with Gasteiger partial charge in [0.2, 0.25) is 0 Å². The lowest BCUT2D eigenvalue weighted by atomic mass is 10.2. The first-order valence-corrected chi connectivity index (χ1v) is 4.88. The Balaban J connectivity index is 2.69. The average molecular weight is 218 g/mol. The van der Waals surface area contributed by atoms with Crippen molar-refractivity contribution in [1.82, 2.24) is 0 Å². The van der Waals surface area contributed by atoms with Gasteiger partial charge < -0.3 is 10.0 Å². The second kappa shape index (κ2) is 5.17. The Morgan fingerprint density at radius 3 is 2.71 bits per heavy atom. The molecule has 4 heteroatoms. The minimum Gasteiger partial charge on any atom is -0.390 e. The highest BCUT2D eigenvalue weighted by Crippen LogP contribution is 2.17. The molecule has 0 aliphatic heterocycles. The van der Waals surface area contributed by atoms with E-state index >= 15 is 0 Å². The second-order valence-corrected chi connectivity index (χ2v) is 3.45. The Kier molecular flexibility index (Phi) is 4.17. The summed E-state index contributed by atoms with van der Waals surface area (Å²) in [6, 6.07) is 6.43. The zero-order valence-electron chi connectivity index (χ0n) is 7.95. The van der Waals surface area contributed by atoms with Gasteiger partial charge in [-0.1, -0.05) is 12.1 Å². The lowest BCUT2D eigenvalue weighted by molar-refractivity contribution is 0.204. The first kappa shape index (κ1) is 11.3. The number of hydrogen-bond acceptors (Lipinski definition) is 2. The van der Waals surface area contributed by atoms with Gasteiger partial charge in [0.05, 0.1) is 17.7 Å². The molecule has 1 atom stereocenters. The van der Waals surface area contributed by atoms with Crippen LogP contribution >= 0.6 is 11.6 Å². The van der Waals surface area contributed by atoms with Gasteiger partial charge in [-0.3, -0.25) is 0 Å². The third-order valence-electron chi connectivity index (χ3n) is 1.93. The van der Waals surface area contributed by atoms with Crippen molar-refractivity contribution < 1.29 is 9.50 Å². The summed E-state index contributed by atoms with van der Waals surface area (Å²) in [5.74, 6) is -0.143. The topological polar surface area (TPSA) is 23.5 Å². The number of rotatable bonds is 4. The van der Waals surface area contributed by atoms with E-state index in [2.05, 4.69) is 0 Å². The van der Waals surface area contributed by atoms with Crippen molar-refractivity contribution in [3.63, 3.8) is 0 Å². The Hall–Kier alpha value is -0.800. The smallest absolute Gasteiger partial charge is 0.146 e. The molecule has 0 heterocycles. The van der Waals surface area contributed by atoms with Crippen LogP contribution in [-0.2, 0) is 0 Å². The summed E-state index contributed by atoms with van der Waals surface area (Å²) in [5, 5.41) is 9.28. The largest absolute Gasteiger partial charge is 0.390 e. The molecule has 0 aliphatic rings. The molecule has 0 aromatic heterocycles. The van der Waals surface area contributed by atoms with E-state index in [0.717, 1.165) is 0 Å². The van der Waals surface area contributed by atoms with Gasteiger partial charge in [-0.2, -0.15) is 0 Å². The third kappa shape index (κ3) is 2.86. The molecule has 1 unspecified atom stereocenters. The zero-order valence-corrected chi connectivity index (χ0v) is 8.71. The number of likely N-dealkylation sites (N-methyl/N-ethyl adjacent to an activating group) is 1. The Bertz CT molecular complexity index is 295. The monoisotopic (exact) mass is 217 g/mol. The number of nitrogens with zero attached hydrogens (tertiary/aromatic N) is 1. The number of anilines is 1. The standard InChI is InChI=1S/C10H13ClFNO/c1-13(7-8(14)6-11)10-5-3-2-4-9(10)12/h2-5,8,14H,6-7H2,1H3. The van der Waals surface area contributed by atoms with Crippen LogP contribution in [0.25, 0.3) is 0 Å². The highest BCUT2D eigenvalue weighted by molar-refractivity contribution is 6.18. The summed E-state index contributed by atoms with van der Waals surface area (Å²) in [7, 11) is 1.72. The SMILES string of the molecule is CN(CC(O)CCl)c1ccccc1F. The van der Waals surface area contributed by atoms with Crippen molar-refractivity contribution in [2.45, 2.75) is 6.10 Å². The zero-order chi connectivity index (χ0) is 10.6. The highest BCUT2D eigenvalue weighted by atomic mass is 35.5. The van der Waals surface area contributed by atoms with Gasteiger partial charge in [-0.25, -0.2) is 4.39 Å². The van der Waals surface area contributed by atoms with Crippen LogP contribution in [-0.4, -0.2) is 30.7 Å². The number of halogens is 2. The van der Waals surface area contributed by atoms with E-state index < -0.39 is 6.10 Å². The molecule has 78 valence electrons. The summed E-state index contributed by atoms with van der Waals surface area (Å²) in [6.07, 6.45) is -0.638. The van der Waals surface area contributed by atoms with Crippen molar-refractivity contribution in [2.75, 3.05) is 24.4 Å². The van der Waals surface area contributed by atoms with E-state index in [9.17, 15) is 9.50 Å². The fourth-order valence-electron chi connectivity index (χ4n) is 1.22. The van der Waals surface area contributed by atoms with Crippen LogP contribution in [0, 0.1) is 5.82 Å². The van der Waals surface area contributed by atoms with E-state index in [1.54, 1.807) is 30.1 Å². The molecule has 0 spiro atoms. The number of para-hydroxylation sites is 1. The number of aliphatic hydroxyl groups is 1. The summed E-state index contributed by atoms with van der Waals surface area (Å²) in [4.78, 5) is 1.64. The lowest BCUT2D eigenvalue weighted by Gasteiger charge is -2.21. The highest BCUT2D eigenvalue weighted by Gasteiger charge is 2.10. The molecule has 1 aromatic carbocycles. The Morgan fingerprint density at radius 2 is 2.14 bits per heavy atom. The van der Waals surface area contributed by atoms with Crippen molar-refractivity contribution in [3.05, 3.63) is 30.1 Å². The summed E-state index contributed by atoms with van der Waals surface area (Å²) < 4.78 is 13.2. The number of benzene rings is 1. The van der Waals surface area contributed by atoms with Crippen LogP contribution in [0.3, 0.4) is 0 Å². The molecule has 1 rings (SSSR count). The molecule has 14 heavy (non-hydrogen) atoms. The van der Waals surface area contributed by atoms with Crippen molar-refractivity contribution in [2.24, 2.45) is 0 Å². The van der Waals surface area contributed by atoms with E-state index in [1.165, 1.54) is 6.07 Å². The maximum Gasteiger partial charge on any atom is 0.146 e. The quantitative estimate of drug-likeness (QED) is 0.779. The van der Waals surface area contributed by atoms with Gasteiger partial charge in [-0.15, -0.1) is 11.6 Å². The second-order valence-electron chi connectivity index (χ2n) is 3.14. The van der Waals surface area contributed by atoms with E-state index in [-0.39, 0.29) is 11.7 Å². The van der Waals surface area contributed by atoms with Crippen molar-refractivity contribution in [1.29, 1.82) is 0 Å². The Morgan fingerprint density at radius 1 is 1.50 bits per heavy atom. The van der Waals surface area contributed by atoms with Crippen LogP contribution in [0.15, 0.2) is 24.3 Å². The number of alkyl halides is 1. The molecule has 0 aliphatic carbocycles. The van der Waals surface area contributed by atoms with Gasteiger partial charge in [0.1, 0.15) is 5.82 Å². The fraction of sp³-hybridized carbons (Fsp3) is 0.400. The fourth-order valence-corrected chi connectivity index (χ4v) is 1.32. The van der Waals surface area contributed by atoms with Gasteiger partial charge in [-0.05, 0) is 12.1 Å². The van der Waals surface area contributed by atoms with Crippen LogP contribution in [0.2, 0.25) is 0 Å². The third-order valence-corrected chi connectivity index (χ3v) is 2.28. The summed E-state index contributed by atoms with van der Waals surface area (Å²) in [6.45, 7) is 0.324. The maximum atomic E-state index is 13.2. The van der Waals surface area contributed by atoms with E-state index in [0.29, 0.717) is 12.2 Å². The first-order valence-electron chi connectivity index (χ1n) is 4.35. The van der Waals surface area contributed by atoms with Gasteiger partial charge in [0.25, 0.3) is 0 Å². The molecule has 0 radical (unpaired) electrons. The van der Waals surface area contributed by atoms with Gasteiger partial charge in [0, 0.05) is 13.6 Å². The average Bonchev–Trinajstić information content (AvgIpc) is 2.18. The van der Waals surface area contributed by atoms with Crippen molar-refractivity contribution >= 4 is 17.3 Å². The van der Waals surface area contributed by atoms with E-state index in [1.807, 2.05) is 0 Å². The molecule has 0 bridgehead atoms. The molecule has 0 saturated heterocycles. The maximum absolute atomic E-state index is 13.2. The predicted octanol–water partition coefficient (Wildman–Crippen LogP) is 1.86. The normalized spacial score (nSPS) is 12.6. The van der Waals surface area contributed by atoms with Gasteiger partial charge in [0.15, 0.2) is 0 Å². The van der Waals surface area contributed by atoms with Crippen molar-refractivity contribution in [3.8, 4) is 0 Å². The molecule has 0 amide bonds. The molecule has 0 saturated carbocycles. The summed E-state index contributed by atoms with van der Waals surface area (Å²) in [5.41, 5.74) is 0.469. The summed E-state index contributed by atoms with van der Waals surface area (Å²) >= 11 is 5.45. The van der Waals surface area contributed by atoms with E-state index in [4.69, 9.17) is 11.6 Å². The molecule has 2 nitrogen and oxygen atoms in total. The molecular weight excluding hydrogens is 205 g/mol. The number of aliphatic hydroxyl groups excluding tert-OH is 1.